The second-order valence-electron chi connectivity index (χ2n) is 12.4. The molecule has 3 aliphatic heterocycles. The Morgan fingerprint density at radius 2 is 1.91 bits per heavy atom. The van der Waals surface area contributed by atoms with Crippen LogP contribution in [-0.2, 0) is 29.0 Å². The summed E-state index contributed by atoms with van der Waals surface area (Å²) in [5.74, 6) is 1.14. The topological polar surface area (TPSA) is 112 Å². The fraction of sp³-hybridized carbons (Fsp3) is 0.412. The summed E-state index contributed by atoms with van der Waals surface area (Å²) in [6, 6.07) is 19.7. The number of aromatic nitrogens is 3. The SMILES string of the molecule is CC(=O)Nc1ccc2c(c1)C[C@@H](C(=O)NCCCCCc1nc3ccccc3[nH]1)[C@H]1[C@@H]3C[C@H](CN21)Cn1c3cccc1=O. The first-order chi connectivity index (χ1) is 20.9. The maximum atomic E-state index is 13.9. The number of anilines is 2. The molecular weight excluding hydrogens is 540 g/mol. The molecule has 3 aliphatic rings. The molecule has 0 saturated carbocycles. The Hall–Kier alpha value is -4.40. The van der Waals surface area contributed by atoms with Gasteiger partial charge >= 0.3 is 0 Å². The van der Waals surface area contributed by atoms with E-state index < -0.39 is 0 Å². The molecule has 0 radical (unpaired) electrons. The molecule has 4 atom stereocenters. The largest absolute Gasteiger partial charge is 0.366 e. The van der Waals surface area contributed by atoms with Crippen LogP contribution in [0.4, 0.5) is 11.4 Å². The lowest BCUT2D eigenvalue weighted by Crippen LogP contribution is -2.60. The van der Waals surface area contributed by atoms with E-state index in [2.05, 4.69) is 37.6 Å². The van der Waals surface area contributed by atoms with Crippen molar-refractivity contribution in [2.75, 3.05) is 23.3 Å². The van der Waals surface area contributed by atoms with Gasteiger partial charge in [-0.1, -0.05) is 24.6 Å². The number of pyridine rings is 1. The highest BCUT2D eigenvalue weighted by molar-refractivity contribution is 5.89. The average Bonchev–Trinajstić information content (AvgIpc) is 3.41. The Kier molecular flexibility index (Phi) is 7.24. The normalized spacial score (nSPS) is 21.9. The number of nitrogens with zero attached hydrogens (tertiary/aromatic N) is 3. The lowest BCUT2D eigenvalue weighted by molar-refractivity contribution is -0.126. The molecule has 0 spiro atoms. The van der Waals surface area contributed by atoms with Crippen LogP contribution in [0.15, 0.2) is 65.5 Å². The highest BCUT2D eigenvalue weighted by Crippen LogP contribution is 2.48. The molecule has 9 nitrogen and oxygen atoms in total. The smallest absolute Gasteiger partial charge is 0.250 e. The van der Waals surface area contributed by atoms with Crippen LogP contribution in [0.1, 0.15) is 55.6 Å². The molecule has 3 N–H and O–H groups in total. The summed E-state index contributed by atoms with van der Waals surface area (Å²) in [6.07, 6.45) is 5.37. The number of nitrogens with one attached hydrogen (secondary N) is 3. The van der Waals surface area contributed by atoms with Gasteiger partial charge in [0.05, 0.1) is 17.0 Å². The first-order valence-corrected chi connectivity index (χ1v) is 15.5. The Balaban J connectivity index is 1.07. The first kappa shape index (κ1) is 27.4. The molecule has 2 aromatic heterocycles. The predicted molar refractivity (Wildman–Crippen MR) is 167 cm³/mol. The van der Waals surface area contributed by atoms with Crippen molar-refractivity contribution in [3.05, 3.63) is 88.1 Å². The first-order valence-electron chi connectivity index (χ1n) is 15.5. The Bertz CT molecular complexity index is 1710. The number of carbonyl (C=O) groups excluding carboxylic acids is 2. The molecule has 5 heterocycles. The number of benzene rings is 2. The van der Waals surface area contributed by atoms with Crippen LogP contribution >= 0.6 is 0 Å². The predicted octanol–water partition coefficient (Wildman–Crippen LogP) is 4.38. The third kappa shape index (κ3) is 5.32. The van der Waals surface area contributed by atoms with Gasteiger partial charge in [0.1, 0.15) is 5.82 Å². The fourth-order valence-electron chi connectivity index (χ4n) is 7.66. The van der Waals surface area contributed by atoms with Gasteiger partial charge in [-0.05, 0) is 73.6 Å². The zero-order chi connectivity index (χ0) is 29.5. The zero-order valence-electron chi connectivity index (χ0n) is 24.5. The van der Waals surface area contributed by atoms with Gasteiger partial charge in [-0.3, -0.25) is 14.4 Å². The van der Waals surface area contributed by atoms with E-state index >= 15 is 0 Å². The zero-order valence-corrected chi connectivity index (χ0v) is 24.5. The maximum Gasteiger partial charge on any atom is 0.250 e. The van der Waals surface area contributed by atoms with Gasteiger partial charge in [0.25, 0.3) is 5.56 Å². The molecule has 7 rings (SSSR count). The molecular formula is C34H38N6O3. The lowest BCUT2D eigenvalue weighted by Gasteiger charge is -2.54. The van der Waals surface area contributed by atoms with Crippen LogP contribution in [-0.4, -0.2) is 45.5 Å². The number of H-pyrrole nitrogens is 1. The van der Waals surface area contributed by atoms with E-state index in [1.807, 2.05) is 47.0 Å². The van der Waals surface area contributed by atoms with Crippen LogP contribution in [0.25, 0.3) is 11.0 Å². The standard InChI is InChI=1S/C34H38N6O3/c1-21(41)36-24-13-14-29-23(17-24)18-26(33-25-16-22(20-40(29)33)19-39-30(25)10-7-12-32(39)42)34(43)35-15-6-2-3-11-31-37-27-8-4-5-9-28(27)38-31/h4-5,7-10,12-14,17,22,25-26,33H,2-3,6,11,15-16,18-20H2,1H3,(H,35,43)(H,36,41)(H,37,38)/t22-,25+,26+,33+/m0/s1. The lowest BCUT2D eigenvalue weighted by atomic mass is 9.69. The number of fused-ring (bicyclic) bond motifs is 9. The molecule has 0 aliphatic carbocycles. The molecule has 43 heavy (non-hydrogen) atoms. The summed E-state index contributed by atoms with van der Waals surface area (Å²) < 4.78 is 1.93. The summed E-state index contributed by atoms with van der Waals surface area (Å²) in [7, 11) is 0. The van der Waals surface area contributed by atoms with E-state index in [-0.39, 0.29) is 35.3 Å². The molecule has 1 fully saturated rings. The van der Waals surface area contributed by atoms with E-state index in [0.29, 0.717) is 25.4 Å². The number of piperidine rings is 1. The van der Waals surface area contributed by atoms with Crippen molar-refractivity contribution in [1.82, 2.24) is 19.9 Å². The van der Waals surface area contributed by atoms with Crippen molar-refractivity contribution in [3.63, 3.8) is 0 Å². The van der Waals surface area contributed by atoms with Crippen LogP contribution in [0.5, 0.6) is 0 Å². The summed E-state index contributed by atoms with van der Waals surface area (Å²) in [6.45, 7) is 3.65. The van der Waals surface area contributed by atoms with Gasteiger partial charge in [0.15, 0.2) is 0 Å². The van der Waals surface area contributed by atoms with Crippen LogP contribution in [0, 0.1) is 11.8 Å². The van der Waals surface area contributed by atoms with E-state index in [4.69, 9.17) is 0 Å². The quantitative estimate of drug-likeness (QED) is 0.269. The number of aryl methyl sites for hydroxylation is 1. The van der Waals surface area contributed by atoms with E-state index in [0.717, 1.165) is 78.1 Å². The van der Waals surface area contributed by atoms with E-state index in [9.17, 15) is 14.4 Å². The molecule has 0 unspecified atom stereocenters. The van der Waals surface area contributed by atoms with Crippen molar-refractivity contribution < 1.29 is 9.59 Å². The van der Waals surface area contributed by atoms with Gasteiger partial charge in [-0.2, -0.15) is 0 Å². The second kappa shape index (κ2) is 11.4. The third-order valence-electron chi connectivity index (χ3n) is 9.44. The minimum absolute atomic E-state index is 0.0307. The summed E-state index contributed by atoms with van der Waals surface area (Å²) >= 11 is 0. The van der Waals surface area contributed by atoms with Crippen molar-refractivity contribution in [3.8, 4) is 0 Å². The van der Waals surface area contributed by atoms with Crippen molar-refractivity contribution >= 4 is 34.2 Å². The highest BCUT2D eigenvalue weighted by atomic mass is 16.2. The maximum absolute atomic E-state index is 13.9. The minimum atomic E-state index is -0.261. The molecule has 1 saturated heterocycles. The molecule has 2 amide bonds. The Morgan fingerprint density at radius 1 is 1.02 bits per heavy atom. The van der Waals surface area contributed by atoms with Gasteiger partial charge in [-0.15, -0.1) is 0 Å². The van der Waals surface area contributed by atoms with Gasteiger partial charge in [-0.25, -0.2) is 4.98 Å². The monoisotopic (exact) mass is 578 g/mol. The van der Waals surface area contributed by atoms with Crippen molar-refractivity contribution in [2.45, 2.75) is 64.0 Å². The highest BCUT2D eigenvalue weighted by Gasteiger charge is 2.49. The van der Waals surface area contributed by atoms with Crippen LogP contribution < -0.4 is 21.1 Å². The Labute approximate surface area is 250 Å². The van der Waals surface area contributed by atoms with Crippen LogP contribution in [0.3, 0.4) is 0 Å². The number of amides is 2. The number of para-hydroxylation sites is 2. The molecule has 222 valence electrons. The van der Waals surface area contributed by atoms with Gasteiger partial charge in [0, 0.05) is 68.1 Å². The average molecular weight is 579 g/mol. The Morgan fingerprint density at radius 3 is 2.77 bits per heavy atom. The number of hydrogen-bond donors (Lipinski definition) is 3. The number of unbranched alkanes of at least 4 members (excludes halogenated alkanes) is 2. The third-order valence-corrected chi connectivity index (χ3v) is 9.44. The summed E-state index contributed by atoms with van der Waals surface area (Å²) in [5, 5.41) is 6.17. The van der Waals surface area contributed by atoms with Crippen molar-refractivity contribution in [1.29, 1.82) is 0 Å². The molecule has 9 heteroatoms. The molecule has 2 bridgehead atoms. The van der Waals surface area contributed by atoms with Crippen LogP contribution in [0.2, 0.25) is 0 Å². The second-order valence-corrected chi connectivity index (χ2v) is 12.4. The van der Waals surface area contributed by atoms with Crippen molar-refractivity contribution in [2.24, 2.45) is 11.8 Å². The minimum Gasteiger partial charge on any atom is -0.366 e. The number of aromatic amines is 1. The van der Waals surface area contributed by atoms with E-state index in [1.54, 1.807) is 6.07 Å². The van der Waals surface area contributed by atoms with E-state index in [1.165, 1.54) is 6.92 Å². The molecule has 4 aromatic rings. The molecule has 2 aromatic carbocycles. The van der Waals surface area contributed by atoms with Gasteiger partial charge < -0.3 is 25.1 Å². The summed E-state index contributed by atoms with van der Waals surface area (Å²) in [4.78, 5) is 49.0. The number of carbonyl (C=O) groups is 2. The fourth-order valence-corrected chi connectivity index (χ4v) is 7.66. The number of hydrogen-bond acceptors (Lipinski definition) is 5. The summed E-state index contributed by atoms with van der Waals surface area (Å²) in [5.41, 5.74) is 6.12. The number of imidazole rings is 1. The van der Waals surface area contributed by atoms with Gasteiger partial charge in [0.2, 0.25) is 11.8 Å². The number of rotatable bonds is 8.